The first kappa shape index (κ1) is 17.4. The monoisotopic (exact) mass is 311 g/mol. The van der Waals surface area contributed by atoms with Crippen molar-refractivity contribution in [1.82, 2.24) is 5.32 Å². The number of rotatable bonds is 7. The van der Waals surface area contributed by atoms with Crippen LogP contribution in [0.3, 0.4) is 0 Å². The second-order valence-corrected chi connectivity index (χ2v) is 5.58. The predicted octanol–water partition coefficient (Wildman–Crippen LogP) is 2.04. The smallest absolute Gasteiger partial charge is 0.341 e. The van der Waals surface area contributed by atoms with Crippen molar-refractivity contribution < 1.29 is 19.4 Å². The van der Waals surface area contributed by atoms with E-state index in [1.165, 1.54) is 7.11 Å². The van der Waals surface area contributed by atoms with Crippen LogP contribution >= 0.6 is 12.6 Å². The SMILES string of the molecule is CCCC(S)(NC(=O)CCc1ccc(O)cc1)C(=O)OC. The maximum atomic E-state index is 12.0. The van der Waals surface area contributed by atoms with E-state index in [1.807, 2.05) is 6.92 Å². The van der Waals surface area contributed by atoms with Gasteiger partial charge in [0.25, 0.3) is 0 Å². The Morgan fingerprint density at radius 3 is 2.48 bits per heavy atom. The van der Waals surface area contributed by atoms with E-state index in [1.54, 1.807) is 24.3 Å². The molecule has 6 heteroatoms. The largest absolute Gasteiger partial charge is 0.508 e. The molecule has 0 aliphatic heterocycles. The maximum absolute atomic E-state index is 12.0. The molecule has 0 saturated carbocycles. The molecular formula is C15H21NO4S. The lowest BCUT2D eigenvalue weighted by Crippen LogP contribution is -2.50. The van der Waals surface area contributed by atoms with Crippen LogP contribution in [0.25, 0.3) is 0 Å². The topological polar surface area (TPSA) is 75.6 Å². The Kier molecular flexibility index (Phi) is 6.55. The van der Waals surface area contributed by atoms with Crippen LogP contribution < -0.4 is 5.32 Å². The van der Waals surface area contributed by atoms with Crippen molar-refractivity contribution in [1.29, 1.82) is 0 Å². The lowest BCUT2D eigenvalue weighted by molar-refractivity contribution is -0.146. The molecule has 5 nitrogen and oxygen atoms in total. The van der Waals surface area contributed by atoms with E-state index in [0.717, 1.165) is 5.56 Å². The summed E-state index contributed by atoms with van der Waals surface area (Å²) in [5.74, 6) is -0.645. The number of benzene rings is 1. The number of hydrogen-bond donors (Lipinski definition) is 3. The molecule has 0 saturated heterocycles. The van der Waals surface area contributed by atoms with Crippen LogP contribution in [0.1, 0.15) is 31.7 Å². The first-order valence-electron chi connectivity index (χ1n) is 6.81. The number of amides is 1. The Bertz CT molecular complexity index is 489. The van der Waals surface area contributed by atoms with Gasteiger partial charge in [0.15, 0.2) is 4.87 Å². The number of aromatic hydroxyl groups is 1. The standard InChI is InChI=1S/C15H21NO4S/c1-3-10-15(21,14(19)20-2)16-13(18)9-6-11-4-7-12(17)8-5-11/h4-5,7-8,17,21H,3,6,9-10H2,1-2H3,(H,16,18). The fourth-order valence-corrected chi connectivity index (χ4v) is 2.40. The van der Waals surface area contributed by atoms with Gasteiger partial charge in [-0.1, -0.05) is 25.5 Å². The van der Waals surface area contributed by atoms with Crippen LogP contribution in [0.4, 0.5) is 0 Å². The molecule has 2 N–H and O–H groups in total. The Morgan fingerprint density at radius 1 is 1.33 bits per heavy atom. The summed E-state index contributed by atoms with van der Waals surface area (Å²) >= 11 is 4.27. The van der Waals surface area contributed by atoms with Crippen molar-refractivity contribution in [3.63, 3.8) is 0 Å². The molecule has 0 heterocycles. The lowest BCUT2D eigenvalue weighted by Gasteiger charge is -2.26. The van der Waals surface area contributed by atoms with Crippen LogP contribution in [0.15, 0.2) is 24.3 Å². The Hall–Kier alpha value is -1.69. The highest BCUT2D eigenvalue weighted by Crippen LogP contribution is 2.20. The summed E-state index contributed by atoms with van der Waals surface area (Å²) in [6.45, 7) is 1.90. The van der Waals surface area contributed by atoms with Gasteiger partial charge in [0.1, 0.15) is 5.75 Å². The molecule has 21 heavy (non-hydrogen) atoms. The van der Waals surface area contributed by atoms with E-state index in [0.29, 0.717) is 19.3 Å². The van der Waals surface area contributed by atoms with Gasteiger partial charge in [-0.3, -0.25) is 4.79 Å². The maximum Gasteiger partial charge on any atom is 0.341 e. The zero-order valence-corrected chi connectivity index (χ0v) is 13.2. The fraction of sp³-hybridized carbons (Fsp3) is 0.467. The van der Waals surface area contributed by atoms with Crippen molar-refractivity contribution in [2.75, 3.05) is 7.11 Å². The molecule has 0 spiro atoms. The number of esters is 1. The van der Waals surface area contributed by atoms with Gasteiger partial charge in [0.05, 0.1) is 7.11 Å². The highest BCUT2D eigenvalue weighted by molar-refractivity contribution is 7.82. The first-order chi connectivity index (χ1) is 9.91. The second-order valence-electron chi connectivity index (χ2n) is 4.82. The Labute approximate surface area is 130 Å². The summed E-state index contributed by atoms with van der Waals surface area (Å²) in [7, 11) is 1.27. The number of nitrogens with one attached hydrogen (secondary N) is 1. The summed E-state index contributed by atoms with van der Waals surface area (Å²) < 4.78 is 4.69. The molecule has 1 rings (SSSR count). The van der Waals surface area contributed by atoms with Crippen molar-refractivity contribution in [3.8, 4) is 5.75 Å². The molecule has 0 aliphatic carbocycles. The molecule has 1 unspecified atom stereocenters. The lowest BCUT2D eigenvalue weighted by atomic mass is 10.1. The van der Waals surface area contributed by atoms with Gasteiger partial charge in [0, 0.05) is 6.42 Å². The molecule has 0 fully saturated rings. The zero-order chi connectivity index (χ0) is 15.9. The van der Waals surface area contributed by atoms with Crippen molar-refractivity contribution in [3.05, 3.63) is 29.8 Å². The number of aryl methyl sites for hydroxylation is 1. The number of carbonyl (C=O) groups is 2. The van der Waals surface area contributed by atoms with E-state index < -0.39 is 10.8 Å². The van der Waals surface area contributed by atoms with Gasteiger partial charge in [-0.25, -0.2) is 4.79 Å². The molecule has 1 atom stereocenters. The second kappa shape index (κ2) is 7.93. The quantitative estimate of drug-likeness (QED) is 0.409. The van der Waals surface area contributed by atoms with Gasteiger partial charge in [-0.2, -0.15) is 0 Å². The van der Waals surface area contributed by atoms with Crippen molar-refractivity contribution in [2.24, 2.45) is 0 Å². The minimum atomic E-state index is -1.28. The van der Waals surface area contributed by atoms with E-state index in [-0.39, 0.29) is 18.1 Å². The normalized spacial score (nSPS) is 13.3. The number of hydrogen-bond acceptors (Lipinski definition) is 5. The molecule has 1 aromatic rings. The summed E-state index contributed by atoms with van der Waals surface area (Å²) in [5.41, 5.74) is 0.932. The highest BCUT2D eigenvalue weighted by Gasteiger charge is 2.36. The third kappa shape index (κ3) is 5.30. The van der Waals surface area contributed by atoms with Gasteiger partial charge >= 0.3 is 5.97 Å². The number of methoxy groups -OCH3 is 1. The number of phenolic OH excluding ortho intramolecular Hbond substituents is 1. The van der Waals surface area contributed by atoms with Gasteiger partial charge in [0.2, 0.25) is 5.91 Å². The fourth-order valence-electron chi connectivity index (χ4n) is 1.96. The predicted molar refractivity (Wildman–Crippen MR) is 83.2 cm³/mol. The van der Waals surface area contributed by atoms with Crippen molar-refractivity contribution >= 4 is 24.5 Å². The van der Waals surface area contributed by atoms with Crippen LogP contribution in [-0.2, 0) is 20.7 Å². The van der Waals surface area contributed by atoms with E-state index in [9.17, 15) is 14.7 Å². The highest BCUT2D eigenvalue weighted by atomic mass is 32.1. The third-order valence-corrected chi connectivity index (χ3v) is 3.58. The molecule has 0 aliphatic rings. The summed E-state index contributed by atoms with van der Waals surface area (Å²) in [5, 5.41) is 11.8. The zero-order valence-electron chi connectivity index (χ0n) is 12.3. The molecule has 0 radical (unpaired) electrons. The van der Waals surface area contributed by atoms with Gasteiger partial charge in [-0.15, -0.1) is 12.6 Å². The Morgan fingerprint density at radius 2 is 1.95 bits per heavy atom. The molecular weight excluding hydrogens is 290 g/mol. The van der Waals surface area contributed by atoms with Gasteiger partial charge < -0.3 is 15.2 Å². The summed E-state index contributed by atoms with van der Waals surface area (Å²) in [6, 6.07) is 6.65. The summed E-state index contributed by atoms with van der Waals surface area (Å²) in [6.07, 6.45) is 1.83. The van der Waals surface area contributed by atoms with E-state index in [4.69, 9.17) is 0 Å². The number of ether oxygens (including phenoxy) is 1. The van der Waals surface area contributed by atoms with Crippen LogP contribution in [0.5, 0.6) is 5.75 Å². The van der Waals surface area contributed by atoms with E-state index >= 15 is 0 Å². The minimum Gasteiger partial charge on any atom is -0.508 e. The average molecular weight is 311 g/mol. The molecule has 0 bridgehead atoms. The molecule has 1 aromatic carbocycles. The third-order valence-electron chi connectivity index (χ3n) is 3.06. The van der Waals surface area contributed by atoms with Crippen LogP contribution in [-0.4, -0.2) is 29.0 Å². The molecule has 116 valence electrons. The number of thiol groups is 1. The first-order valence-corrected chi connectivity index (χ1v) is 7.25. The molecule has 1 amide bonds. The van der Waals surface area contributed by atoms with Crippen LogP contribution in [0, 0.1) is 0 Å². The van der Waals surface area contributed by atoms with E-state index in [2.05, 4.69) is 22.7 Å². The Balaban J connectivity index is 2.58. The molecule has 0 aromatic heterocycles. The van der Waals surface area contributed by atoms with Gasteiger partial charge in [-0.05, 0) is 30.5 Å². The van der Waals surface area contributed by atoms with Crippen LogP contribution in [0.2, 0.25) is 0 Å². The minimum absolute atomic E-state index is 0.186. The number of phenols is 1. The number of carbonyl (C=O) groups excluding carboxylic acids is 2. The summed E-state index contributed by atoms with van der Waals surface area (Å²) in [4.78, 5) is 22.4. The van der Waals surface area contributed by atoms with Crippen molar-refractivity contribution in [2.45, 2.75) is 37.5 Å². The average Bonchev–Trinajstić information content (AvgIpc) is 2.46.